The van der Waals surface area contributed by atoms with E-state index in [-0.39, 0.29) is 17.4 Å². The molecule has 0 aliphatic carbocycles. The summed E-state index contributed by atoms with van der Waals surface area (Å²) in [5.74, 6) is -0.591. The van der Waals surface area contributed by atoms with Crippen molar-refractivity contribution in [1.82, 2.24) is 0 Å². The highest BCUT2D eigenvalue weighted by atomic mass is 32.2. The van der Waals surface area contributed by atoms with E-state index in [2.05, 4.69) is 0 Å². The van der Waals surface area contributed by atoms with Crippen LogP contribution in [0.15, 0.2) is 0 Å². The van der Waals surface area contributed by atoms with Crippen molar-refractivity contribution in [3.05, 3.63) is 0 Å². The summed E-state index contributed by atoms with van der Waals surface area (Å²) in [6, 6.07) is 0. The molecule has 0 amide bonds. The third-order valence-electron chi connectivity index (χ3n) is 1.54. The second-order valence-electron chi connectivity index (χ2n) is 2.45. The average molecular weight is 178 g/mol. The summed E-state index contributed by atoms with van der Waals surface area (Å²) in [4.78, 5) is 10.1. The molecule has 0 bridgehead atoms. The predicted molar refractivity (Wildman–Crippen MR) is 45.0 cm³/mol. The Morgan fingerprint density at radius 2 is 2.18 bits per heavy atom. The first-order valence-electron chi connectivity index (χ1n) is 3.67. The summed E-state index contributed by atoms with van der Waals surface area (Å²) >= 11 is 0. The smallest absolute Gasteiger partial charge is 0.304 e. The molecule has 66 valence electrons. The Bertz CT molecular complexity index is 156. The molecule has 4 heteroatoms. The van der Waals surface area contributed by atoms with Gasteiger partial charge in [-0.25, -0.2) is 0 Å². The van der Waals surface area contributed by atoms with Gasteiger partial charge < -0.3 is 5.11 Å². The van der Waals surface area contributed by atoms with E-state index in [1.54, 1.807) is 0 Å². The first kappa shape index (κ1) is 10.6. The molecule has 0 aromatic rings. The van der Waals surface area contributed by atoms with E-state index in [0.29, 0.717) is 0 Å². The van der Waals surface area contributed by atoms with Crippen molar-refractivity contribution >= 4 is 16.8 Å². The SMILES string of the molecule is CCC(C)S(=O)CCC(=O)O. The monoisotopic (exact) mass is 178 g/mol. The predicted octanol–water partition coefficient (Wildman–Crippen LogP) is 1.01. The van der Waals surface area contributed by atoms with Crippen LogP contribution in [-0.2, 0) is 15.6 Å². The second kappa shape index (κ2) is 5.29. The lowest BCUT2D eigenvalue weighted by Crippen LogP contribution is -2.14. The van der Waals surface area contributed by atoms with Crippen LogP contribution in [0.25, 0.3) is 0 Å². The molecule has 0 aliphatic rings. The minimum Gasteiger partial charge on any atom is -0.481 e. The van der Waals surface area contributed by atoms with Gasteiger partial charge >= 0.3 is 5.97 Å². The molecule has 2 unspecified atom stereocenters. The Morgan fingerprint density at radius 3 is 2.55 bits per heavy atom. The minimum atomic E-state index is -0.966. The van der Waals surface area contributed by atoms with Gasteiger partial charge in [0.15, 0.2) is 0 Å². The van der Waals surface area contributed by atoms with Crippen LogP contribution in [0, 0.1) is 0 Å². The fraction of sp³-hybridized carbons (Fsp3) is 0.857. The molecule has 2 atom stereocenters. The van der Waals surface area contributed by atoms with Gasteiger partial charge in [0.2, 0.25) is 0 Å². The van der Waals surface area contributed by atoms with E-state index in [4.69, 9.17) is 5.11 Å². The number of carboxylic acids is 1. The molecule has 0 saturated carbocycles. The van der Waals surface area contributed by atoms with Gasteiger partial charge in [-0.15, -0.1) is 0 Å². The molecule has 3 nitrogen and oxygen atoms in total. The van der Waals surface area contributed by atoms with Crippen LogP contribution < -0.4 is 0 Å². The lowest BCUT2D eigenvalue weighted by molar-refractivity contribution is -0.136. The quantitative estimate of drug-likeness (QED) is 0.683. The zero-order valence-electron chi connectivity index (χ0n) is 6.87. The molecular weight excluding hydrogens is 164 g/mol. The molecule has 0 aromatic carbocycles. The Labute approximate surface area is 69.3 Å². The maximum Gasteiger partial charge on any atom is 0.304 e. The fourth-order valence-electron chi connectivity index (χ4n) is 0.575. The molecule has 1 N–H and O–H groups in total. The number of carboxylic acid groups (broad SMARTS) is 1. The van der Waals surface area contributed by atoms with E-state index >= 15 is 0 Å². The van der Waals surface area contributed by atoms with E-state index in [9.17, 15) is 9.00 Å². The van der Waals surface area contributed by atoms with Gasteiger partial charge in [0.1, 0.15) is 0 Å². The number of hydrogen-bond donors (Lipinski definition) is 1. The number of rotatable bonds is 5. The fourth-order valence-corrected chi connectivity index (χ4v) is 1.72. The third kappa shape index (κ3) is 4.95. The molecule has 0 fully saturated rings. The maximum atomic E-state index is 11.1. The summed E-state index contributed by atoms with van der Waals surface area (Å²) in [6.45, 7) is 3.82. The summed E-state index contributed by atoms with van der Waals surface area (Å²) in [5, 5.41) is 8.40. The zero-order chi connectivity index (χ0) is 8.85. The first-order chi connectivity index (χ1) is 5.07. The minimum absolute atomic E-state index is 0.0109. The van der Waals surface area contributed by atoms with Crippen LogP contribution in [0.3, 0.4) is 0 Å². The van der Waals surface area contributed by atoms with Crippen molar-refractivity contribution in [1.29, 1.82) is 0 Å². The highest BCUT2D eigenvalue weighted by Gasteiger charge is 2.09. The Hall–Kier alpha value is -0.380. The number of hydrogen-bond acceptors (Lipinski definition) is 2. The van der Waals surface area contributed by atoms with Crippen LogP contribution in [0.5, 0.6) is 0 Å². The van der Waals surface area contributed by atoms with Crippen molar-refractivity contribution < 1.29 is 14.1 Å². The molecule has 0 aliphatic heterocycles. The summed E-state index contributed by atoms with van der Waals surface area (Å²) in [7, 11) is -0.966. The molecule has 11 heavy (non-hydrogen) atoms. The standard InChI is InChI=1S/C7H14O3S/c1-3-6(2)11(10)5-4-7(8)9/h6H,3-5H2,1-2H3,(H,8,9). The van der Waals surface area contributed by atoms with E-state index in [1.165, 1.54) is 0 Å². The van der Waals surface area contributed by atoms with Gasteiger partial charge in [-0.3, -0.25) is 9.00 Å². The van der Waals surface area contributed by atoms with Gasteiger partial charge in [-0.1, -0.05) is 13.8 Å². The van der Waals surface area contributed by atoms with Gasteiger partial charge in [0.25, 0.3) is 0 Å². The molecule has 0 radical (unpaired) electrons. The number of carbonyl (C=O) groups is 1. The summed E-state index contributed by atoms with van der Waals surface area (Å²) < 4.78 is 11.1. The maximum absolute atomic E-state index is 11.1. The van der Waals surface area contributed by atoms with Gasteiger partial charge in [0, 0.05) is 21.8 Å². The third-order valence-corrected chi connectivity index (χ3v) is 3.38. The van der Waals surface area contributed by atoms with Crippen molar-refractivity contribution in [2.45, 2.75) is 31.9 Å². The normalized spacial score (nSPS) is 15.8. The molecular formula is C7H14O3S. The van der Waals surface area contributed by atoms with Crippen molar-refractivity contribution in [2.75, 3.05) is 5.75 Å². The van der Waals surface area contributed by atoms with E-state index < -0.39 is 16.8 Å². The lowest BCUT2D eigenvalue weighted by atomic mass is 10.4. The highest BCUT2D eigenvalue weighted by Crippen LogP contribution is 2.01. The van der Waals surface area contributed by atoms with Crippen LogP contribution in [0.1, 0.15) is 26.7 Å². The molecule has 0 rings (SSSR count). The highest BCUT2D eigenvalue weighted by molar-refractivity contribution is 7.85. The van der Waals surface area contributed by atoms with Crippen molar-refractivity contribution in [2.24, 2.45) is 0 Å². The van der Waals surface area contributed by atoms with Crippen molar-refractivity contribution in [3.8, 4) is 0 Å². The Balaban J connectivity index is 3.60. The molecule has 0 spiro atoms. The van der Waals surface area contributed by atoms with Crippen LogP contribution in [0.4, 0.5) is 0 Å². The van der Waals surface area contributed by atoms with E-state index in [0.717, 1.165) is 6.42 Å². The molecule has 0 aromatic heterocycles. The van der Waals surface area contributed by atoms with Crippen LogP contribution >= 0.6 is 0 Å². The second-order valence-corrected chi connectivity index (χ2v) is 4.42. The van der Waals surface area contributed by atoms with Crippen LogP contribution in [0.2, 0.25) is 0 Å². The van der Waals surface area contributed by atoms with Gasteiger partial charge in [-0.2, -0.15) is 0 Å². The lowest BCUT2D eigenvalue weighted by Gasteiger charge is -2.05. The Morgan fingerprint density at radius 1 is 1.64 bits per heavy atom. The van der Waals surface area contributed by atoms with Gasteiger partial charge in [-0.05, 0) is 6.42 Å². The first-order valence-corrected chi connectivity index (χ1v) is 5.05. The van der Waals surface area contributed by atoms with Crippen LogP contribution in [-0.4, -0.2) is 26.3 Å². The van der Waals surface area contributed by atoms with E-state index in [1.807, 2.05) is 13.8 Å². The molecule has 0 saturated heterocycles. The summed E-state index contributed by atoms with van der Waals surface area (Å²) in [5.41, 5.74) is 0. The molecule has 0 heterocycles. The Kier molecular flexibility index (Phi) is 5.11. The largest absolute Gasteiger partial charge is 0.481 e. The summed E-state index contributed by atoms with van der Waals surface area (Å²) in [6.07, 6.45) is 0.850. The number of aliphatic carboxylic acids is 1. The van der Waals surface area contributed by atoms with Crippen molar-refractivity contribution in [3.63, 3.8) is 0 Å². The zero-order valence-corrected chi connectivity index (χ0v) is 7.69. The average Bonchev–Trinajstić information content (AvgIpc) is 1.98. The van der Waals surface area contributed by atoms with Gasteiger partial charge in [0.05, 0.1) is 6.42 Å². The topological polar surface area (TPSA) is 54.4 Å².